The van der Waals surface area contributed by atoms with Gasteiger partial charge in [0.2, 0.25) is 5.69 Å². The largest absolute Gasteiger partial charge is 0.435 e. The second-order valence-corrected chi connectivity index (χ2v) is 6.81. The van der Waals surface area contributed by atoms with Gasteiger partial charge in [-0.25, -0.2) is 13.2 Å². The zero-order valence-corrected chi connectivity index (χ0v) is 12.5. The van der Waals surface area contributed by atoms with Crippen molar-refractivity contribution in [1.82, 2.24) is 5.27 Å². The van der Waals surface area contributed by atoms with Crippen molar-refractivity contribution < 1.29 is 17.6 Å². The summed E-state index contributed by atoms with van der Waals surface area (Å²) in [6.45, 7) is 0. The van der Waals surface area contributed by atoms with Crippen LogP contribution in [0.3, 0.4) is 0 Å². The van der Waals surface area contributed by atoms with E-state index in [9.17, 15) is 13.2 Å². The maximum absolute atomic E-state index is 11.9. The molecule has 0 fully saturated rings. The summed E-state index contributed by atoms with van der Waals surface area (Å²) in [5.41, 5.74) is 1.13. The number of aromatic amines is 1. The molecule has 0 aliphatic heterocycles. The molecule has 1 N–H and O–H groups in total. The van der Waals surface area contributed by atoms with Crippen LogP contribution in [0, 0.1) is 0 Å². The van der Waals surface area contributed by atoms with E-state index < -0.39 is 15.5 Å². The Morgan fingerprint density at radius 2 is 1.64 bits per heavy atom. The predicted molar refractivity (Wildman–Crippen MR) is 79.4 cm³/mol. The highest BCUT2D eigenvalue weighted by Crippen LogP contribution is 2.14. The second-order valence-electron chi connectivity index (χ2n) is 4.80. The van der Waals surface area contributed by atoms with Gasteiger partial charge in [0, 0.05) is 18.4 Å². The average Bonchev–Trinajstić information content (AvgIpc) is 2.89. The fourth-order valence-corrected chi connectivity index (χ4v) is 2.77. The monoisotopic (exact) mass is 317 g/mol. The van der Waals surface area contributed by atoms with Crippen LogP contribution in [0.15, 0.2) is 68.8 Å². The minimum absolute atomic E-state index is 0.212. The molecule has 3 rings (SSSR count). The van der Waals surface area contributed by atoms with Crippen LogP contribution in [-0.2, 0) is 9.84 Å². The summed E-state index contributed by atoms with van der Waals surface area (Å²) in [7, 11) is -3.26. The highest BCUT2D eigenvalue weighted by atomic mass is 32.2. The number of benzene rings is 2. The predicted octanol–water partition coefficient (Wildman–Crippen LogP) is 1.32. The molecular weight excluding hydrogens is 304 g/mol. The Labute approximate surface area is 126 Å². The second kappa shape index (κ2) is 5.27. The van der Waals surface area contributed by atoms with Crippen molar-refractivity contribution >= 4 is 9.84 Å². The maximum Gasteiger partial charge on any atom is 0.435 e. The van der Waals surface area contributed by atoms with E-state index in [1.165, 1.54) is 16.8 Å². The van der Waals surface area contributed by atoms with E-state index >= 15 is 0 Å². The van der Waals surface area contributed by atoms with Gasteiger partial charge in [-0.3, -0.25) is 4.52 Å². The first kappa shape index (κ1) is 14.3. The molecular formula is C15H13N2O4S+. The molecule has 0 bridgehead atoms. The molecule has 6 nitrogen and oxygen atoms in total. The first-order chi connectivity index (χ1) is 10.5. The van der Waals surface area contributed by atoms with E-state index in [0.29, 0.717) is 16.9 Å². The van der Waals surface area contributed by atoms with Crippen LogP contribution in [0.25, 0.3) is 16.9 Å². The van der Waals surface area contributed by atoms with E-state index in [4.69, 9.17) is 4.52 Å². The van der Waals surface area contributed by atoms with Gasteiger partial charge in [0.15, 0.2) is 9.84 Å². The molecule has 1 aromatic heterocycles. The number of hydrogen-bond acceptors (Lipinski definition) is 4. The Hall–Kier alpha value is -2.67. The molecule has 0 spiro atoms. The Bertz CT molecular complexity index is 955. The van der Waals surface area contributed by atoms with Gasteiger partial charge in [0.05, 0.1) is 10.5 Å². The number of nitrogens with one attached hydrogen (secondary N) is 1. The van der Waals surface area contributed by atoms with Crippen molar-refractivity contribution in [1.29, 1.82) is 0 Å². The number of aromatic nitrogens is 2. The van der Waals surface area contributed by atoms with Crippen LogP contribution < -0.4 is 10.3 Å². The average molecular weight is 317 g/mol. The van der Waals surface area contributed by atoms with Gasteiger partial charge in [-0.1, -0.05) is 18.2 Å². The fraction of sp³-hybridized carbons (Fsp3) is 0.0667. The molecule has 0 amide bonds. The van der Waals surface area contributed by atoms with E-state index in [1.54, 1.807) is 24.3 Å². The molecule has 0 aliphatic carbocycles. The Balaban J connectivity index is 2.13. The number of rotatable bonds is 3. The van der Waals surface area contributed by atoms with Gasteiger partial charge in [-0.05, 0) is 34.2 Å². The third-order valence-corrected chi connectivity index (χ3v) is 4.35. The number of sulfone groups is 1. The molecule has 0 saturated carbocycles. The molecule has 0 aliphatic rings. The van der Waals surface area contributed by atoms with Crippen LogP contribution in [-0.4, -0.2) is 19.9 Å². The summed E-state index contributed by atoms with van der Waals surface area (Å²) in [4.78, 5) is 12.1. The minimum Gasteiger partial charge on any atom is -0.282 e. The summed E-state index contributed by atoms with van der Waals surface area (Å²) in [5.74, 6) is 0. The molecule has 2 aromatic carbocycles. The van der Waals surface area contributed by atoms with E-state index in [0.717, 1.165) is 6.26 Å². The van der Waals surface area contributed by atoms with Gasteiger partial charge in [-0.15, -0.1) is 0 Å². The van der Waals surface area contributed by atoms with Gasteiger partial charge >= 0.3 is 11.3 Å². The van der Waals surface area contributed by atoms with Crippen molar-refractivity contribution in [2.75, 3.05) is 6.26 Å². The molecule has 1 heterocycles. The summed E-state index contributed by atoms with van der Waals surface area (Å²) in [6, 6.07) is 15.3. The lowest BCUT2D eigenvalue weighted by Crippen LogP contribution is -2.36. The highest BCUT2D eigenvalue weighted by Gasteiger charge is 2.25. The normalized spacial score (nSPS) is 11.5. The molecule has 7 heteroatoms. The maximum atomic E-state index is 11.9. The standard InChI is InChI=1S/C15H12N2O4S/c1-22(19,20)13-9-7-12(8-10-13)17-14(15(18)21-16-17)11-5-3-2-4-6-11/h2-10H,1H3/p+1. The van der Waals surface area contributed by atoms with Gasteiger partial charge < -0.3 is 0 Å². The van der Waals surface area contributed by atoms with E-state index in [-0.39, 0.29) is 4.90 Å². The van der Waals surface area contributed by atoms with Crippen LogP contribution in [0.5, 0.6) is 0 Å². The van der Waals surface area contributed by atoms with Crippen molar-refractivity contribution in [2.45, 2.75) is 4.90 Å². The third kappa shape index (κ3) is 2.58. The van der Waals surface area contributed by atoms with Gasteiger partial charge in [-0.2, -0.15) is 0 Å². The number of nitrogens with zero attached hydrogens (tertiary/aromatic N) is 1. The molecule has 22 heavy (non-hydrogen) atoms. The smallest absolute Gasteiger partial charge is 0.282 e. The van der Waals surface area contributed by atoms with E-state index in [1.807, 2.05) is 18.2 Å². The third-order valence-electron chi connectivity index (χ3n) is 3.22. The molecule has 0 radical (unpaired) electrons. The SMILES string of the molecule is CS(=O)(=O)c1ccc(-[n+]2[nH]oc(=O)c2-c2ccccc2)cc1. The summed E-state index contributed by atoms with van der Waals surface area (Å²) in [5, 5.41) is 2.53. The zero-order valence-electron chi connectivity index (χ0n) is 11.7. The first-order valence-corrected chi connectivity index (χ1v) is 8.35. The Kier molecular flexibility index (Phi) is 3.42. The molecule has 0 unspecified atom stereocenters. The first-order valence-electron chi connectivity index (χ1n) is 6.46. The van der Waals surface area contributed by atoms with E-state index in [2.05, 4.69) is 5.27 Å². The fourth-order valence-electron chi connectivity index (χ4n) is 2.14. The number of hydrogen-bond donors (Lipinski definition) is 1. The molecule has 112 valence electrons. The van der Waals surface area contributed by atoms with Crippen LogP contribution in [0.2, 0.25) is 0 Å². The highest BCUT2D eigenvalue weighted by molar-refractivity contribution is 7.90. The van der Waals surface area contributed by atoms with Crippen molar-refractivity contribution in [3.05, 3.63) is 65.0 Å². The minimum atomic E-state index is -3.26. The number of H-pyrrole nitrogens is 1. The molecule has 0 atom stereocenters. The summed E-state index contributed by atoms with van der Waals surface area (Å²) >= 11 is 0. The topological polar surface area (TPSA) is 84.0 Å². The Morgan fingerprint density at radius 1 is 1.00 bits per heavy atom. The van der Waals surface area contributed by atoms with Crippen molar-refractivity contribution in [3.8, 4) is 16.9 Å². The summed E-state index contributed by atoms with van der Waals surface area (Å²) in [6.07, 6.45) is 1.14. The molecule has 0 saturated heterocycles. The lowest BCUT2D eigenvalue weighted by molar-refractivity contribution is -0.660. The zero-order chi connectivity index (χ0) is 15.7. The lowest BCUT2D eigenvalue weighted by Gasteiger charge is -1.98. The van der Waals surface area contributed by atoms with Crippen LogP contribution in [0.1, 0.15) is 0 Å². The van der Waals surface area contributed by atoms with Gasteiger partial charge in [0.1, 0.15) is 0 Å². The molecule has 3 aromatic rings. The van der Waals surface area contributed by atoms with Gasteiger partial charge in [0.25, 0.3) is 0 Å². The Morgan fingerprint density at radius 3 is 2.23 bits per heavy atom. The quantitative estimate of drug-likeness (QED) is 0.738. The van der Waals surface area contributed by atoms with Crippen molar-refractivity contribution in [2.24, 2.45) is 0 Å². The lowest BCUT2D eigenvalue weighted by atomic mass is 10.1. The van der Waals surface area contributed by atoms with Crippen molar-refractivity contribution in [3.63, 3.8) is 0 Å². The van der Waals surface area contributed by atoms with Crippen LogP contribution >= 0.6 is 0 Å². The summed E-state index contributed by atoms with van der Waals surface area (Å²) < 4.78 is 29.3. The van der Waals surface area contributed by atoms with Crippen LogP contribution in [0.4, 0.5) is 0 Å².